The summed E-state index contributed by atoms with van der Waals surface area (Å²) in [4.78, 5) is 16.5. The van der Waals surface area contributed by atoms with Crippen molar-refractivity contribution in [2.24, 2.45) is 0 Å². The van der Waals surface area contributed by atoms with Crippen molar-refractivity contribution in [3.8, 4) is 6.07 Å². The minimum Gasteiger partial charge on any atom is -0.337 e. The first-order valence-corrected chi connectivity index (χ1v) is 8.87. The van der Waals surface area contributed by atoms with Crippen LogP contribution in [-0.2, 0) is 4.79 Å². The number of anilines is 1. The number of ketones is 1. The van der Waals surface area contributed by atoms with Gasteiger partial charge in [0.15, 0.2) is 5.78 Å². The molecule has 0 radical (unpaired) electrons. The van der Waals surface area contributed by atoms with E-state index in [2.05, 4.69) is 6.07 Å². The molecule has 2 aromatic carbocycles. The molecule has 0 saturated heterocycles. The maximum atomic E-state index is 12.5. The van der Waals surface area contributed by atoms with Gasteiger partial charge in [0.25, 0.3) is 0 Å². The molecule has 0 aliphatic carbocycles. The first-order valence-electron chi connectivity index (χ1n) is 7.06. The van der Waals surface area contributed by atoms with E-state index in [1.165, 1.54) is 23.5 Å². The van der Waals surface area contributed by atoms with Crippen LogP contribution < -0.4 is 4.90 Å². The minimum atomic E-state index is -0.136. The quantitative estimate of drug-likeness (QED) is 0.472. The van der Waals surface area contributed by atoms with E-state index in [0.29, 0.717) is 5.03 Å². The van der Waals surface area contributed by atoms with Gasteiger partial charge in [0.2, 0.25) is 0 Å². The number of benzene rings is 2. The lowest BCUT2D eigenvalue weighted by Crippen LogP contribution is -2.16. The van der Waals surface area contributed by atoms with Gasteiger partial charge in [0.1, 0.15) is 16.7 Å². The fourth-order valence-corrected chi connectivity index (χ4v) is 4.24. The summed E-state index contributed by atoms with van der Waals surface area (Å²) in [6, 6.07) is 19.8. The highest BCUT2D eigenvalue weighted by atomic mass is 32.2. The van der Waals surface area contributed by atoms with Gasteiger partial charge in [-0.15, -0.1) is 11.8 Å². The highest BCUT2D eigenvalue weighted by Gasteiger charge is 2.27. The number of thioether (sulfide) groups is 2. The Morgan fingerprint density at radius 3 is 2.57 bits per heavy atom. The zero-order valence-electron chi connectivity index (χ0n) is 12.5. The second kappa shape index (κ2) is 6.95. The smallest absolute Gasteiger partial charge is 0.186 e. The molecule has 1 aliphatic heterocycles. The third kappa shape index (κ3) is 3.29. The number of para-hydroxylation sites is 1. The Labute approximate surface area is 144 Å². The molecule has 0 amide bonds. The molecule has 1 heterocycles. The van der Waals surface area contributed by atoms with Crippen LogP contribution in [0.2, 0.25) is 0 Å². The minimum absolute atomic E-state index is 0.136. The SMILES string of the molecule is CN1/C(=C(\C#N)C(=O)CSc2ccccc2)Sc2ccccc21. The van der Waals surface area contributed by atoms with Crippen LogP contribution in [0.25, 0.3) is 0 Å². The number of nitrogens with zero attached hydrogens (tertiary/aromatic N) is 2. The van der Waals surface area contributed by atoms with E-state index in [0.717, 1.165) is 15.5 Å². The normalized spacial score (nSPS) is 15.0. The lowest BCUT2D eigenvalue weighted by atomic mass is 10.2. The largest absolute Gasteiger partial charge is 0.337 e. The summed E-state index contributed by atoms with van der Waals surface area (Å²) in [5.41, 5.74) is 1.26. The highest BCUT2D eigenvalue weighted by molar-refractivity contribution is 8.03. The van der Waals surface area contributed by atoms with Crippen molar-refractivity contribution >= 4 is 35.0 Å². The Hall–Kier alpha value is -2.16. The fraction of sp³-hybridized carbons (Fsp3) is 0.111. The summed E-state index contributed by atoms with van der Waals surface area (Å²) in [5, 5.41) is 10.2. The molecule has 0 saturated carbocycles. The fourth-order valence-electron chi connectivity index (χ4n) is 2.29. The average molecular weight is 338 g/mol. The van der Waals surface area contributed by atoms with Crippen LogP contribution in [0.5, 0.6) is 0 Å². The Morgan fingerprint density at radius 1 is 1.17 bits per heavy atom. The summed E-state index contributed by atoms with van der Waals surface area (Å²) in [6.45, 7) is 0. The Morgan fingerprint density at radius 2 is 1.87 bits per heavy atom. The molecule has 0 unspecified atom stereocenters. The lowest BCUT2D eigenvalue weighted by Gasteiger charge is -2.14. The number of hydrogen-bond acceptors (Lipinski definition) is 5. The number of carbonyl (C=O) groups is 1. The van der Waals surface area contributed by atoms with Crippen molar-refractivity contribution in [2.45, 2.75) is 9.79 Å². The number of rotatable bonds is 4. The predicted molar refractivity (Wildman–Crippen MR) is 95.5 cm³/mol. The first kappa shape index (κ1) is 15.7. The van der Waals surface area contributed by atoms with E-state index in [-0.39, 0.29) is 17.1 Å². The highest BCUT2D eigenvalue weighted by Crippen LogP contribution is 2.46. The van der Waals surface area contributed by atoms with Crippen molar-refractivity contribution in [3.63, 3.8) is 0 Å². The molecule has 1 aliphatic rings. The molecule has 0 N–H and O–H groups in total. The second-order valence-electron chi connectivity index (χ2n) is 4.95. The third-order valence-electron chi connectivity index (χ3n) is 3.46. The maximum absolute atomic E-state index is 12.5. The van der Waals surface area contributed by atoms with Crippen LogP contribution in [0.3, 0.4) is 0 Å². The zero-order chi connectivity index (χ0) is 16.2. The van der Waals surface area contributed by atoms with Gasteiger partial charge in [0.05, 0.1) is 11.4 Å². The first-order chi connectivity index (χ1) is 11.2. The van der Waals surface area contributed by atoms with Crippen LogP contribution in [0.4, 0.5) is 5.69 Å². The molecular weight excluding hydrogens is 324 g/mol. The number of carbonyl (C=O) groups excluding carboxylic acids is 1. The Kier molecular flexibility index (Phi) is 4.75. The molecule has 3 rings (SSSR count). The van der Waals surface area contributed by atoms with Gasteiger partial charge >= 0.3 is 0 Å². The van der Waals surface area contributed by atoms with Crippen molar-refractivity contribution in [1.29, 1.82) is 5.26 Å². The van der Waals surface area contributed by atoms with Crippen molar-refractivity contribution in [2.75, 3.05) is 17.7 Å². The lowest BCUT2D eigenvalue weighted by molar-refractivity contribution is -0.112. The molecule has 114 valence electrons. The average Bonchev–Trinajstić information content (AvgIpc) is 2.92. The van der Waals surface area contributed by atoms with E-state index in [4.69, 9.17) is 0 Å². The topological polar surface area (TPSA) is 44.1 Å². The number of hydrogen-bond donors (Lipinski definition) is 0. The Balaban J connectivity index is 1.80. The number of Topliss-reactive ketones (excluding diaryl/α,β-unsaturated/α-hetero) is 1. The van der Waals surface area contributed by atoms with E-state index in [1.54, 1.807) is 0 Å². The summed E-state index contributed by atoms with van der Waals surface area (Å²) in [6.07, 6.45) is 0. The van der Waals surface area contributed by atoms with Crippen molar-refractivity contribution in [1.82, 2.24) is 0 Å². The van der Waals surface area contributed by atoms with E-state index >= 15 is 0 Å². The number of fused-ring (bicyclic) bond motifs is 1. The number of nitriles is 1. The standard InChI is InChI=1S/C18H14N2OS2/c1-20-15-9-5-6-10-17(15)23-18(20)14(11-19)16(21)12-22-13-7-3-2-4-8-13/h2-10H,12H2,1H3/b18-14-. The van der Waals surface area contributed by atoms with Gasteiger partial charge in [-0.05, 0) is 24.3 Å². The van der Waals surface area contributed by atoms with E-state index in [9.17, 15) is 10.1 Å². The van der Waals surface area contributed by atoms with Gasteiger partial charge in [0, 0.05) is 16.8 Å². The van der Waals surface area contributed by atoms with Crippen LogP contribution in [0, 0.1) is 11.3 Å². The molecule has 0 atom stereocenters. The summed E-state index contributed by atoms with van der Waals surface area (Å²) < 4.78 is 0. The monoisotopic (exact) mass is 338 g/mol. The molecule has 23 heavy (non-hydrogen) atoms. The molecule has 0 bridgehead atoms. The van der Waals surface area contributed by atoms with Crippen LogP contribution >= 0.6 is 23.5 Å². The van der Waals surface area contributed by atoms with Crippen molar-refractivity contribution < 1.29 is 4.79 Å². The van der Waals surface area contributed by atoms with E-state index in [1.807, 2.05) is 66.5 Å². The van der Waals surface area contributed by atoms with Gasteiger partial charge in [-0.3, -0.25) is 4.79 Å². The third-order valence-corrected chi connectivity index (χ3v) is 5.70. The van der Waals surface area contributed by atoms with Crippen molar-refractivity contribution in [3.05, 3.63) is 65.2 Å². The molecule has 0 aromatic heterocycles. The molecule has 2 aromatic rings. The van der Waals surface area contributed by atoms with Gasteiger partial charge in [-0.25, -0.2) is 0 Å². The van der Waals surface area contributed by atoms with Gasteiger partial charge < -0.3 is 4.90 Å². The molecular formula is C18H14N2OS2. The molecule has 3 nitrogen and oxygen atoms in total. The summed E-state index contributed by atoms with van der Waals surface area (Å²) in [5.74, 6) is 0.129. The van der Waals surface area contributed by atoms with Gasteiger partial charge in [-0.2, -0.15) is 5.26 Å². The molecule has 0 fully saturated rings. The predicted octanol–water partition coefficient (Wildman–Crippen LogP) is 4.33. The number of allylic oxidation sites excluding steroid dienone is 1. The maximum Gasteiger partial charge on any atom is 0.186 e. The zero-order valence-corrected chi connectivity index (χ0v) is 14.2. The Bertz CT molecular complexity index is 809. The van der Waals surface area contributed by atoms with Crippen LogP contribution in [0.1, 0.15) is 0 Å². The molecule has 5 heteroatoms. The van der Waals surface area contributed by atoms with Gasteiger partial charge in [-0.1, -0.05) is 42.1 Å². The van der Waals surface area contributed by atoms with Crippen LogP contribution in [-0.4, -0.2) is 18.6 Å². The second-order valence-corrected chi connectivity index (χ2v) is 7.03. The van der Waals surface area contributed by atoms with Crippen LogP contribution in [0.15, 0.2) is 75.0 Å². The summed E-state index contributed by atoms with van der Waals surface area (Å²) >= 11 is 2.93. The molecule has 0 spiro atoms. The summed E-state index contributed by atoms with van der Waals surface area (Å²) in [7, 11) is 1.89. The van der Waals surface area contributed by atoms with E-state index < -0.39 is 0 Å².